The Kier molecular flexibility index (Phi) is 6.95. The molecular formula is C24H25N5O3S2. The van der Waals surface area contributed by atoms with Crippen LogP contribution in [0.25, 0.3) is 0 Å². The highest BCUT2D eigenvalue weighted by molar-refractivity contribution is 8.16. The van der Waals surface area contributed by atoms with Crippen LogP contribution >= 0.6 is 11.8 Å². The van der Waals surface area contributed by atoms with Gasteiger partial charge in [-0.3, -0.25) is 4.79 Å². The highest BCUT2D eigenvalue weighted by atomic mass is 32.2. The van der Waals surface area contributed by atoms with Gasteiger partial charge in [-0.1, -0.05) is 42.1 Å². The number of aliphatic imine (C=N–C) groups is 1. The molecular weight excluding hydrogens is 470 g/mol. The Labute approximate surface area is 203 Å². The van der Waals surface area contributed by atoms with Crippen LogP contribution in [0.3, 0.4) is 0 Å². The molecule has 1 N–H and O–H groups in total. The summed E-state index contributed by atoms with van der Waals surface area (Å²) in [7, 11) is 0.765. The lowest BCUT2D eigenvalue weighted by Crippen LogP contribution is -2.37. The van der Waals surface area contributed by atoms with Gasteiger partial charge in [0.05, 0.1) is 23.7 Å². The molecule has 176 valence electrons. The highest BCUT2D eigenvalue weighted by Crippen LogP contribution is 2.41. The Bertz CT molecular complexity index is 1270. The first-order chi connectivity index (χ1) is 16.3. The van der Waals surface area contributed by atoms with E-state index in [2.05, 4.69) is 10.3 Å². The van der Waals surface area contributed by atoms with Gasteiger partial charge in [-0.15, -0.1) is 0 Å². The first-order valence-electron chi connectivity index (χ1n) is 10.7. The number of hydrogen-bond donors (Lipinski definition) is 1. The number of nitrogens with one attached hydrogen (secondary N) is 1. The summed E-state index contributed by atoms with van der Waals surface area (Å²) >= 11 is 1.37. The molecule has 0 aliphatic carbocycles. The number of anilines is 2. The van der Waals surface area contributed by atoms with Crippen LogP contribution < -0.4 is 15.1 Å². The van der Waals surface area contributed by atoms with Crippen LogP contribution in [-0.4, -0.2) is 56.4 Å². The summed E-state index contributed by atoms with van der Waals surface area (Å²) in [4.78, 5) is 20.9. The Morgan fingerprint density at radius 3 is 2.56 bits per heavy atom. The molecule has 2 saturated heterocycles. The third-order valence-electron chi connectivity index (χ3n) is 5.68. The number of rotatable bonds is 6. The van der Waals surface area contributed by atoms with E-state index in [9.17, 15) is 18.5 Å². The molecule has 2 atom stereocenters. The predicted octanol–water partition coefficient (Wildman–Crippen LogP) is 2.55. The van der Waals surface area contributed by atoms with Crippen LogP contribution in [0.4, 0.5) is 11.4 Å². The lowest BCUT2D eigenvalue weighted by atomic mass is 10.2. The first kappa shape index (κ1) is 23.9. The Morgan fingerprint density at radius 1 is 1.21 bits per heavy atom. The smallest absolute Gasteiger partial charge is 0.263 e. The van der Waals surface area contributed by atoms with Gasteiger partial charge in [0.25, 0.3) is 5.91 Å². The average molecular weight is 496 g/mol. The average Bonchev–Trinajstić information content (AvgIpc) is 3.29. The van der Waals surface area contributed by atoms with Crippen molar-refractivity contribution in [3.05, 3.63) is 71.9 Å². The summed E-state index contributed by atoms with van der Waals surface area (Å²) in [6, 6.07) is 18.9. The SMILES string of the molecule is CN(C)c1ccc(N2C(=NC=C(C#N)C(=O)NCc3ccccc3)SC3CS(=O)(=O)CC32)cc1. The summed E-state index contributed by atoms with van der Waals surface area (Å²) in [5.41, 5.74) is 2.65. The zero-order chi connectivity index (χ0) is 24.3. The molecule has 0 radical (unpaired) electrons. The van der Waals surface area contributed by atoms with Crippen molar-refractivity contribution in [1.82, 2.24) is 5.32 Å². The third kappa shape index (κ3) is 5.26. The Balaban J connectivity index is 1.58. The van der Waals surface area contributed by atoms with Gasteiger partial charge >= 0.3 is 0 Å². The lowest BCUT2D eigenvalue weighted by molar-refractivity contribution is -0.117. The lowest BCUT2D eigenvalue weighted by Gasteiger charge is -2.25. The second-order valence-corrected chi connectivity index (χ2v) is 11.7. The van der Waals surface area contributed by atoms with Gasteiger partial charge in [0.15, 0.2) is 15.0 Å². The van der Waals surface area contributed by atoms with Crippen molar-refractivity contribution in [2.24, 2.45) is 4.99 Å². The van der Waals surface area contributed by atoms with Crippen LogP contribution in [0.1, 0.15) is 5.56 Å². The molecule has 2 aromatic carbocycles. The van der Waals surface area contributed by atoms with E-state index in [0.717, 1.165) is 16.9 Å². The number of amides is 1. The van der Waals surface area contributed by atoms with Crippen molar-refractivity contribution in [3.63, 3.8) is 0 Å². The topological polar surface area (TPSA) is 106 Å². The van der Waals surface area contributed by atoms with E-state index in [0.29, 0.717) is 11.7 Å². The number of fused-ring (bicyclic) bond motifs is 1. The van der Waals surface area contributed by atoms with Gasteiger partial charge < -0.3 is 15.1 Å². The van der Waals surface area contributed by atoms with Gasteiger partial charge in [-0.05, 0) is 29.8 Å². The van der Waals surface area contributed by atoms with Crippen LogP contribution in [0.5, 0.6) is 0 Å². The maximum absolute atomic E-state index is 12.5. The maximum atomic E-state index is 12.5. The number of hydrogen-bond acceptors (Lipinski definition) is 7. The molecule has 2 aliphatic heterocycles. The van der Waals surface area contributed by atoms with Gasteiger partial charge in [0.2, 0.25) is 0 Å². The van der Waals surface area contributed by atoms with Crippen molar-refractivity contribution in [1.29, 1.82) is 5.26 Å². The number of carbonyl (C=O) groups excluding carboxylic acids is 1. The number of amidine groups is 1. The molecule has 0 saturated carbocycles. The fourth-order valence-electron chi connectivity index (χ4n) is 3.92. The molecule has 0 aromatic heterocycles. The van der Waals surface area contributed by atoms with Crippen molar-refractivity contribution < 1.29 is 13.2 Å². The molecule has 0 bridgehead atoms. The minimum atomic E-state index is -3.13. The Hall–Kier alpha value is -3.29. The van der Waals surface area contributed by atoms with Crippen molar-refractivity contribution >= 4 is 44.0 Å². The molecule has 1 amide bonds. The first-order valence-corrected chi connectivity index (χ1v) is 13.4. The van der Waals surface area contributed by atoms with E-state index in [4.69, 9.17) is 0 Å². The standard InChI is InChI=1S/C24H25N5O3S2/c1-28(2)19-8-10-20(11-9-19)29-21-15-34(31,32)16-22(21)33-24(29)27-14-18(12-25)23(30)26-13-17-6-4-3-5-7-17/h3-11,14,21-22H,13,15-16H2,1-2H3,(H,26,30). The van der Waals surface area contributed by atoms with Gasteiger partial charge in [-0.2, -0.15) is 5.26 Å². The van der Waals surface area contributed by atoms with Gasteiger partial charge in [0.1, 0.15) is 11.6 Å². The monoisotopic (exact) mass is 495 g/mol. The molecule has 0 spiro atoms. The van der Waals surface area contributed by atoms with E-state index in [-0.39, 0.29) is 28.4 Å². The largest absolute Gasteiger partial charge is 0.378 e. The maximum Gasteiger partial charge on any atom is 0.263 e. The van der Waals surface area contributed by atoms with E-state index < -0.39 is 15.7 Å². The number of benzene rings is 2. The highest BCUT2D eigenvalue weighted by Gasteiger charge is 2.49. The molecule has 2 aromatic rings. The van der Waals surface area contributed by atoms with E-state index in [1.165, 1.54) is 18.0 Å². The van der Waals surface area contributed by atoms with Gasteiger partial charge in [-0.25, -0.2) is 13.4 Å². The summed E-state index contributed by atoms with van der Waals surface area (Å²) in [6.45, 7) is 0.302. The summed E-state index contributed by atoms with van der Waals surface area (Å²) < 4.78 is 24.5. The quantitative estimate of drug-likeness (QED) is 0.485. The fraction of sp³-hybridized carbons (Fsp3) is 0.292. The number of thioether (sulfide) groups is 1. The molecule has 2 heterocycles. The van der Waals surface area contributed by atoms with E-state index in [1.54, 1.807) is 0 Å². The molecule has 8 nitrogen and oxygen atoms in total. The second kappa shape index (κ2) is 9.91. The van der Waals surface area contributed by atoms with Crippen molar-refractivity contribution in [2.75, 3.05) is 35.4 Å². The molecule has 34 heavy (non-hydrogen) atoms. The number of carbonyl (C=O) groups is 1. The van der Waals surface area contributed by atoms with E-state index >= 15 is 0 Å². The second-order valence-electron chi connectivity index (χ2n) is 8.32. The molecule has 4 rings (SSSR count). The van der Waals surface area contributed by atoms with Crippen molar-refractivity contribution in [2.45, 2.75) is 17.8 Å². The normalized spacial score (nSPS) is 22.3. The van der Waals surface area contributed by atoms with Gasteiger partial charge in [0, 0.05) is 37.3 Å². The van der Waals surface area contributed by atoms with Crippen LogP contribution in [-0.2, 0) is 21.2 Å². The Morgan fingerprint density at radius 2 is 1.91 bits per heavy atom. The molecule has 2 fully saturated rings. The number of nitriles is 1. The van der Waals surface area contributed by atoms with Crippen molar-refractivity contribution in [3.8, 4) is 6.07 Å². The van der Waals surface area contributed by atoms with Crippen LogP contribution in [0, 0.1) is 11.3 Å². The minimum Gasteiger partial charge on any atom is -0.378 e. The molecule has 2 unspecified atom stereocenters. The summed E-state index contributed by atoms with van der Waals surface area (Å²) in [5, 5.41) is 12.7. The molecule has 2 aliphatic rings. The number of sulfone groups is 1. The summed E-state index contributed by atoms with van der Waals surface area (Å²) in [5.74, 6) is -0.380. The zero-order valence-electron chi connectivity index (χ0n) is 18.9. The minimum absolute atomic E-state index is 0.0471. The number of nitrogens with zero attached hydrogens (tertiary/aromatic N) is 4. The fourth-order valence-corrected chi connectivity index (χ4v) is 7.81. The molecule has 10 heteroatoms. The van der Waals surface area contributed by atoms with Crippen LogP contribution in [0.2, 0.25) is 0 Å². The summed E-state index contributed by atoms with van der Waals surface area (Å²) in [6.07, 6.45) is 1.26. The third-order valence-corrected chi connectivity index (χ3v) is 8.90. The predicted molar refractivity (Wildman–Crippen MR) is 136 cm³/mol. The van der Waals surface area contributed by atoms with Crippen LogP contribution in [0.15, 0.2) is 71.4 Å². The zero-order valence-corrected chi connectivity index (χ0v) is 20.5. The van der Waals surface area contributed by atoms with E-state index in [1.807, 2.05) is 84.6 Å².